The lowest BCUT2D eigenvalue weighted by Gasteiger charge is -2.34. The minimum atomic E-state index is 0. The van der Waals surface area contributed by atoms with Gasteiger partial charge in [0.15, 0.2) is 0 Å². The highest BCUT2D eigenvalue weighted by molar-refractivity contribution is 7.07. The van der Waals surface area contributed by atoms with Gasteiger partial charge in [-0.25, -0.2) is 4.98 Å². The molecule has 0 bridgehead atoms. The van der Waals surface area contributed by atoms with Crippen molar-refractivity contribution in [2.24, 2.45) is 11.7 Å². The molecule has 2 rings (SSSR count). The second-order valence-corrected chi connectivity index (χ2v) is 5.10. The van der Waals surface area contributed by atoms with Crippen molar-refractivity contribution in [1.29, 1.82) is 0 Å². The molecule has 2 atom stereocenters. The van der Waals surface area contributed by atoms with E-state index < -0.39 is 0 Å². The van der Waals surface area contributed by atoms with Gasteiger partial charge in [-0.15, -0.1) is 36.2 Å². The Bertz CT molecular complexity index is 359. The van der Waals surface area contributed by atoms with E-state index in [9.17, 15) is 4.79 Å². The molecule has 1 saturated heterocycles. The molecule has 1 amide bonds. The van der Waals surface area contributed by atoms with Crippen LogP contribution in [0.4, 0.5) is 0 Å². The van der Waals surface area contributed by atoms with Gasteiger partial charge in [0, 0.05) is 24.5 Å². The first kappa shape index (κ1) is 17.6. The Morgan fingerprint density at radius 2 is 2.33 bits per heavy atom. The second-order valence-electron chi connectivity index (χ2n) is 4.39. The number of halogens is 2. The fourth-order valence-electron chi connectivity index (χ4n) is 2.10. The summed E-state index contributed by atoms with van der Waals surface area (Å²) >= 11 is 1.46. The van der Waals surface area contributed by atoms with Crippen molar-refractivity contribution in [3.63, 3.8) is 0 Å². The van der Waals surface area contributed by atoms with Gasteiger partial charge in [0.25, 0.3) is 5.91 Å². The number of likely N-dealkylation sites (tertiary alicyclic amines) is 1. The average Bonchev–Trinajstić information content (AvgIpc) is 2.81. The van der Waals surface area contributed by atoms with E-state index in [1.807, 2.05) is 11.8 Å². The number of carbonyl (C=O) groups is 1. The van der Waals surface area contributed by atoms with Gasteiger partial charge in [-0.2, -0.15) is 0 Å². The van der Waals surface area contributed by atoms with Gasteiger partial charge in [0.2, 0.25) is 0 Å². The predicted molar refractivity (Wildman–Crippen MR) is 78.9 cm³/mol. The third kappa shape index (κ3) is 4.09. The second kappa shape index (κ2) is 7.94. The van der Waals surface area contributed by atoms with Crippen LogP contribution in [0.1, 0.15) is 30.3 Å². The molecule has 1 aromatic rings. The topological polar surface area (TPSA) is 59.2 Å². The molecule has 0 spiro atoms. The van der Waals surface area contributed by atoms with Crippen molar-refractivity contribution < 1.29 is 4.79 Å². The molecule has 0 saturated carbocycles. The molecule has 0 aliphatic carbocycles. The van der Waals surface area contributed by atoms with Crippen LogP contribution in [-0.2, 0) is 0 Å². The number of piperidine rings is 1. The molecule has 1 aliphatic rings. The van der Waals surface area contributed by atoms with E-state index in [0.29, 0.717) is 11.6 Å². The third-order valence-electron chi connectivity index (χ3n) is 3.14. The van der Waals surface area contributed by atoms with Crippen LogP contribution in [0.2, 0.25) is 0 Å². The molecule has 1 aliphatic heterocycles. The number of nitrogens with two attached hydrogens (primary N) is 1. The minimum Gasteiger partial charge on any atom is -0.337 e. The molecule has 2 N–H and O–H groups in total. The van der Waals surface area contributed by atoms with Crippen LogP contribution in [0.25, 0.3) is 0 Å². The Balaban J connectivity index is 0.00000144. The maximum absolute atomic E-state index is 12.1. The smallest absolute Gasteiger partial charge is 0.273 e. The monoisotopic (exact) mass is 311 g/mol. The van der Waals surface area contributed by atoms with Crippen molar-refractivity contribution in [3.8, 4) is 0 Å². The lowest BCUT2D eigenvalue weighted by molar-refractivity contribution is 0.0656. The van der Waals surface area contributed by atoms with Crippen LogP contribution < -0.4 is 5.73 Å². The summed E-state index contributed by atoms with van der Waals surface area (Å²) in [6.45, 7) is 3.62. The Kier molecular flexibility index (Phi) is 7.78. The van der Waals surface area contributed by atoms with Gasteiger partial charge >= 0.3 is 0 Å². The fourth-order valence-corrected chi connectivity index (χ4v) is 2.63. The van der Waals surface area contributed by atoms with Crippen LogP contribution in [-0.4, -0.2) is 34.9 Å². The van der Waals surface area contributed by atoms with Crippen molar-refractivity contribution >= 4 is 42.1 Å². The first-order chi connectivity index (χ1) is 7.68. The standard InChI is InChI=1S/C11H17N3OS.2ClH/c1-8(12)9-3-2-4-14(5-9)11(15)10-6-16-7-13-10;;/h6-9H,2-5,12H2,1H3;2*1H. The molecule has 18 heavy (non-hydrogen) atoms. The number of carbonyl (C=O) groups excluding carboxylic acids is 1. The first-order valence-corrected chi connectivity index (χ1v) is 6.56. The maximum Gasteiger partial charge on any atom is 0.273 e. The van der Waals surface area contributed by atoms with E-state index in [0.717, 1.165) is 25.9 Å². The van der Waals surface area contributed by atoms with Gasteiger partial charge < -0.3 is 10.6 Å². The zero-order valence-corrected chi connectivity index (χ0v) is 12.7. The normalized spacial score (nSPS) is 20.6. The summed E-state index contributed by atoms with van der Waals surface area (Å²) in [6.07, 6.45) is 2.17. The molecule has 4 nitrogen and oxygen atoms in total. The largest absolute Gasteiger partial charge is 0.337 e. The molecular weight excluding hydrogens is 293 g/mol. The molecule has 0 aromatic carbocycles. The average molecular weight is 312 g/mol. The third-order valence-corrected chi connectivity index (χ3v) is 3.73. The lowest BCUT2D eigenvalue weighted by Crippen LogP contribution is -2.45. The van der Waals surface area contributed by atoms with Gasteiger partial charge in [0.1, 0.15) is 5.69 Å². The Hall–Kier alpha value is -0.360. The Labute approximate surface area is 124 Å². The van der Waals surface area contributed by atoms with Crippen molar-refractivity contribution in [2.75, 3.05) is 13.1 Å². The Morgan fingerprint density at radius 3 is 2.89 bits per heavy atom. The number of nitrogens with zero attached hydrogens (tertiary/aromatic N) is 2. The summed E-state index contributed by atoms with van der Waals surface area (Å²) < 4.78 is 0. The minimum absolute atomic E-state index is 0. The fraction of sp³-hybridized carbons (Fsp3) is 0.636. The summed E-state index contributed by atoms with van der Waals surface area (Å²) in [5.74, 6) is 0.475. The zero-order chi connectivity index (χ0) is 11.5. The molecule has 0 radical (unpaired) electrons. The van der Waals surface area contributed by atoms with E-state index in [4.69, 9.17) is 5.73 Å². The molecule has 104 valence electrons. The molecule has 7 heteroatoms. The van der Waals surface area contributed by atoms with Crippen LogP contribution in [0.3, 0.4) is 0 Å². The van der Waals surface area contributed by atoms with Gasteiger partial charge in [0.05, 0.1) is 5.51 Å². The van der Waals surface area contributed by atoms with Crippen molar-refractivity contribution in [1.82, 2.24) is 9.88 Å². The van der Waals surface area contributed by atoms with E-state index in [1.165, 1.54) is 11.3 Å². The SMILES string of the molecule is CC(N)C1CCCN(C(=O)c2cscn2)C1.Cl.Cl. The first-order valence-electron chi connectivity index (χ1n) is 5.61. The summed E-state index contributed by atoms with van der Waals surface area (Å²) in [5, 5.41) is 1.80. The zero-order valence-electron chi connectivity index (χ0n) is 10.2. The summed E-state index contributed by atoms with van der Waals surface area (Å²) in [7, 11) is 0. The van der Waals surface area contributed by atoms with Crippen LogP contribution >= 0.6 is 36.2 Å². The molecular formula is C11H19Cl2N3OS. The lowest BCUT2D eigenvalue weighted by atomic mass is 9.92. The molecule has 1 fully saturated rings. The number of aromatic nitrogens is 1. The van der Waals surface area contributed by atoms with Crippen molar-refractivity contribution in [2.45, 2.75) is 25.8 Å². The molecule has 2 heterocycles. The quantitative estimate of drug-likeness (QED) is 0.910. The number of thiazole rings is 1. The highest BCUT2D eigenvalue weighted by atomic mass is 35.5. The molecule has 2 unspecified atom stereocenters. The summed E-state index contributed by atoms with van der Waals surface area (Å²) in [4.78, 5) is 18.0. The number of rotatable bonds is 2. The summed E-state index contributed by atoms with van der Waals surface area (Å²) in [5.41, 5.74) is 8.16. The number of hydrogen-bond donors (Lipinski definition) is 1. The summed E-state index contributed by atoms with van der Waals surface area (Å²) in [6, 6.07) is 0.158. The highest BCUT2D eigenvalue weighted by Gasteiger charge is 2.26. The number of hydrogen-bond acceptors (Lipinski definition) is 4. The van der Waals surface area contributed by atoms with Crippen molar-refractivity contribution in [3.05, 3.63) is 16.6 Å². The van der Waals surface area contributed by atoms with Gasteiger partial charge in [-0.3, -0.25) is 4.79 Å². The van der Waals surface area contributed by atoms with E-state index in [1.54, 1.807) is 10.9 Å². The maximum atomic E-state index is 12.1. The Morgan fingerprint density at radius 1 is 1.61 bits per heavy atom. The van der Waals surface area contributed by atoms with Gasteiger partial charge in [-0.1, -0.05) is 0 Å². The molecule has 1 aromatic heterocycles. The predicted octanol–water partition coefficient (Wildman–Crippen LogP) is 2.19. The highest BCUT2D eigenvalue weighted by Crippen LogP contribution is 2.20. The van der Waals surface area contributed by atoms with Crippen LogP contribution in [0.5, 0.6) is 0 Å². The van der Waals surface area contributed by atoms with E-state index in [-0.39, 0.29) is 36.8 Å². The van der Waals surface area contributed by atoms with E-state index >= 15 is 0 Å². The number of amides is 1. The van der Waals surface area contributed by atoms with E-state index in [2.05, 4.69) is 4.98 Å². The van der Waals surface area contributed by atoms with Crippen LogP contribution in [0, 0.1) is 5.92 Å². The van der Waals surface area contributed by atoms with Gasteiger partial charge in [-0.05, 0) is 25.7 Å². The van der Waals surface area contributed by atoms with Crippen LogP contribution in [0.15, 0.2) is 10.9 Å².